The van der Waals surface area contributed by atoms with Crippen LogP contribution in [0.15, 0.2) is 20.9 Å². The molecule has 0 aliphatic carbocycles. The van der Waals surface area contributed by atoms with E-state index >= 15 is 0 Å². The molecule has 2 heterocycles. The number of fused-ring (bicyclic) bond motifs is 1. The Labute approximate surface area is 120 Å². The van der Waals surface area contributed by atoms with Crippen molar-refractivity contribution in [3.63, 3.8) is 0 Å². The third-order valence-corrected chi connectivity index (χ3v) is 4.70. The van der Waals surface area contributed by atoms with Crippen LogP contribution in [0.3, 0.4) is 0 Å². The molecule has 18 heavy (non-hydrogen) atoms. The van der Waals surface area contributed by atoms with Gasteiger partial charge in [0.15, 0.2) is 9.99 Å². The molecule has 0 spiro atoms. The molecule has 3 nitrogen and oxygen atoms in total. The van der Waals surface area contributed by atoms with Crippen molar-refractivity contribution < 1.29 is 0 Å². The largest absolute Gasteiger partial charge is 0.226 e. The van der Waals surface area contributed by atoms with E-state index in [1.165, 1.54) is 0 Å². The maximum Gasteiger partial charge on any atom is 0.172 e. The average Bonchev–Trinajstić information content (AvgIpc) is 2.69. The summed E-state index contributed by atoms with van der Waals surface area (Å²) in [4.78, 5) is 8.94. The second-order valence-electron chi connectivity index (χ2n) is 4.68. The maximum absolute atomic E-state index is 4.49. The molecule has 2 rings (SSSR count). The number of hydrogen-bond donors (Lipinski definition) is 0. The lowest BCUT2D eigenvalue weighted by Crippen LogP contribution is -2.05. The molecule has 0 saturated heterocycles. The van der Waals surface area contributed by atoms with E-state index in [9.17, 15) is 0 Å². The van der Waals surface area contributed by atoms with Gasteiger partial charge in [-0.15, -0.1) is 11.3 Å². The van der Waals surface area contributed by atoms with Crippen molar-refractivity contribution in [3.05, 3.63) is 17.8 Å². The van der Waals surface area contributed by atoms with Gasteiger partial charge in [0.25, 0.3) is 0 Å². The fourth-order valence-electron chi connectivity index (χ4n) is 1.21. The fraction of sp³-hybridized carbons (Fsp3) is 0.417. The standard InChI is InChI=1S/C12H15N3S3/c1-12(2,3)18-13-7-8-5-6-9-10(14-8)15-11(16-4)17-9/h5-7H,1-4H3/b13-7-. The number of rotatable bonds is 3. The molecular formula is C12H15N3S3. The predicted octanol–water partition coefficient (Wildman–Crippen LogP) is 4.28. The van der Waals surface area contributed by atoms with Gasteiger partial charge in [-0.25, -0.2) is 14.4 Å². The van der Waals surface area contributed by atoms with Crippen molar-refractivity contribution in [2.45, 2.75) is 29.9 Å². The van der Waals surface area contributed by atoms with Gasteiger partial charge in [0.2, 0.25) is 0 Å². The normalized spacial score (nSPS) is 12.7. The highest BCUT2D eigenvalue weighted by Gasteiger charge is 2.09. The van der Waals surface area contributed by atoms with E-state index in [0.29, 0.717) is 0 Å². The zero-order chi connectivity index (χ0) is 13.2. The summed E-state index contributed by atoms with van der Waals surface area (Å²) >= 11 is 4.88. The molecule has 0 atom stereocenters. The van der Waals surface area contributed by atoms with Crippen LogP contribution >= 0.6 is 35.0 Å². The monoisotopic (exact) mass is 297 g/mol. The van der Waals surface area contributed by atoms with Gasteiger partial charge >= 0.3 is 0 Å². The van der Waals surface area contributed by atoms with Crippen LogP contribution in [0.4, 0.5) is 0 Å². The highest BCUT2D eigenvalue weighted by atomic mass is 32.2. The SMILES string of the molecule is CSc1nc2nc(/C=N\SC(C)(C)C)ccc2s1. The first-order chi connectivity index (χ1) is 8.48. The zero-order valence-electron chi connectivity index (χ0n) is 10.8. The minimum absolute atomic E-state index is 0.132. The molecule has 0 amide bonds. The van der Waals surface area contributed by atoms with E-state index in [1.807, 2.05) is 12.3 Å². The van der Waals surface area contributed by atoms with E-state index < -0.39 is 0 Å². The van der Waals surface area contributed by atoms with Gasteiger partial charge in [0, 0.05) is 4.75 Å². The van der Waals surface area contributed by atoms with Crippen LogP contribution < -0.4 is 0 Å². The summed E-state index contributed by atoms with van der Waals surface area (Å²) in [6, 6.07) is 4.04. The third-order valence-electron chi connectivity index (χ3n) is 1.94. The number of nitrogens with zero attached hydrogens (tertiary/aromatic N) is 3. The first-order valence-corrected chi connectivity index (χ1v) is 8.32. The molecule has 0 saturated carbocycles. The van der Waals surface area contributed by atoms with E-state index in [-0.39, 0.29) is 4.75 Å². The topological polar surface area (TPSA) is 38.1 Å². The van der Waals surface area contributed by atoms with E-state index in [0.717, 1.165) is 20.4 Å². The molecule has 0 fully saturated rings. The molecule has 0 N–H and O–H groups in total. The van der Waals surface area contributed by atoms with Gasteiger partial charge in [-0.3, -0.25) is 0 Å². The molecular weight excluding hydrogens is 282 g/mol. The van der Waals surface area contributed by atoms with Gasteiger partial charge < -0.3 is 0 Å². The molecule has 2 aromatic heterocycles. The Morgan fingerprint density at radius 1 is 1.28 bits per heavy atom. The molecule has 0 aliphatic heterocycles. The number of hydrogen-bond acceptors (Lipinski definition) is 6. The smallest absolute Gasteiger partial charge is 0.172 e. The first kappa shape index (κ1) is 13.8. The second kappa shape index (κ2) is 5.59. The molecule has 0 radical (unpaired) electrons. The summed E-state index contributed by atoms with van der Waals surface area (Å²) in [5, 5.41) is 0. The quantitative estimate of drug-likeness (QED) is 0.481. The molecule has 96 valence electrons. The van der Waals surface area contributed by atoms with Crippen LogP contribution in [-0.4, -0.2) is 27.2 Å². The number of aromatic nitrogens is 2. The Bertz CT molecular complexity index is 569. The minimum Gasteiger partial charge on any atom is -0.226 e. The molecule has 6 heteroatoms. The van der Waals surface area contributed by atoms with E-state index in [4.69, 9.17) is 0 Å². The van der Waals surface area contributed by atoms with Crippen LogP contribution in [-0.2, 0) is 0 Å². The Kier molecular flexibility index (Phi) is 4.29. The van der Waals surface area contributed by atoms with Gasteiger partial charge in [-0.1, -0.05) is 11.8 Å². The summed E-state index contributed by atoms with van der Waals surface area (Å²) in [7, 11) is 0. The van der Waals surface area contributed by atoms with Gasteiger partial charge in [-0.2, -0.15) is 0 Å². The molecule has 2 aromatic rings. The van der Waals surface area contributed by atoms with Crippen molar-refractivity contribution in [2.24, 2.45) is 4.40 Å². The lowest BCUT2D eigenvalue weighted by molar-refractivity contribution is 0.804. The molecule has 0 aromatic carbocycles. The molecule has 0 bridgehead atoms. The maximum atomic E-state index is 4.49. The number of pyridine rings is 1. The Hall–Kier alpha value is -0.590. The van der Waals surface area contributed by atoms with Crippen molar-refractivity contribution >= 4 is 51.6 Å². The fourth-order valence-corrected chi connectivity index (χ4v) is 3.11. The summed E-state index contributed by atoms with van der Waals surface area (Å²) in [5.74, 6) is 0. The molecule has 0 aliphatic rings. The van der Waals surface area contributed by atoms with Gasteiger partial charge in [-0.05, 0) is 51.1 Å². The highest BCUT2D eigenvalue weighted by Crippen LogP contribution is 2.27. The van der Waals surface area contributed by atoms with Crippen molar-refractivity contribution in [3.8, 4) is 0 Å². The lowest BCUT2D eigenvalue weighted by Gasteiger charge is -2.11. The van der Waals surface area contributed by atoms with Crippen LogP contribution in [0.2, 0.25) is 0 Å². The van der Waals surface area contributed by atoms with Crippen molar-refractivity contribution in [2.75, 3.05) is 6.26 Å². The zero-order valence-corrected chi connectivity index (χ0v) is 13.2. The van der Waals surface area contributed by atoms with E-state index in [1.54, 1.807) is 41.3 Å². The summed E-state index contributed by atoms with van der Waals surface area (Å²) in [6.07, 6.45) is 3.83. The third kappa shape index (κ3) is 3.70. The number of thiazole rings is 1. The first-order valence-electron chi connectivity index (χ1n) is 5.51. The summed E-state index contributed by atoms with van der Waals surface area (Å²) < 4.78 is 6.65. The van der Waals surface area contributed by atoms with Crippen LogP contribution in [0, 0.1) is 0 Å². The van der Waals surface area contributed by atoms with Gasteiger partial charge in [0.05, 0.1) is 16.6 Å². The van der Waals surface area contributed by atoms with Crippen molar-refractivity contribution in [1.82, 2.24) is 9.97 Å². The van der Waals surface area contributed by atoms with Gasteiger partial charge in [0.1, 0.15) is 0 Å². The summed E-state index contributed by atoms with van der Waals surface area (Å²) in [6.45, 7) is 6.41. The average molecular weight is 297 g/mol. The number of thioether (sulfide) groups is 1. The van der Waals surface area contributed by atoms with Crippen LogP contribution in [0.5, 0.6) is 0 Å². The Morgan fingerprint density at radius 3 is 2.72 bits per heavy atom. The van der Waals surface area contributed by atoms with Crippen molar-refractivity contribution in [1.29, 1.82) is 0 Å². The Balaban J connectivity index is 2.19. The highest BCUT2D eigenvalue weighted by molar-refractivity contribution is 8.00. The molecule has 0 unspecified atom stereocenters. The Morgan fingerprint density at radius 2 is 2.06 bits per heavy atom. The predicted molar refractivity (Wildman–Crippen MR) is 84.1 cm³/mol. The lowest BCUT2D eigenvalue weighted by atomic mass is 10.3. The summed E-state index contributed by atoms with van der Waals surface area (Å²) in [5.41, 5.74) is 1.67. The van der Waals surface area contributed by atoms with E-state index in [2.05, 4.69) is 41.2 Å². The van der Waals surface area contributed by atoms with Crippen LogP contribution in [0.25, 0.3) is 10.3 Å². The minimum atomic E-state index is 0.132. The second-order valence-corrected chi connectivity index (χ2v) is 8.38. The van der Waals surface area contributed by atoms with Crippen LogP contribution in [0.1, 0.15) is 26.5 Å².